The molecule has 4 rings (SSSR count). The summed E-state index contributed by atoms with van der Waals surface area (Å²) in [6, 6.07) is 6.72. The first kappa shape index (κ1) is 18.1. The number of ether oxygens (including phenoxy) is 3. The lowest BCUT2D eigenvalue weighted by Crippen LogP contribution is -2.46. The van der Waals surface area contributed by atoms with Gasteiger partial charge >= 0.3 is 5.97 Å². The molecule has 3 aliphatic rings. The Morgan fingerprint density at radius 3 is 2.52 bits per heavy atom. The van der Waals surface area contributed by atoms with Crippen molar-refractivity contribution in [3.8, 4) is 11.5 Å². The number of carbonyl (C=O) groups is 2. The number of carbonyl (C=O) groups excluding carboxylic acids is 2. The Kier molecular flexibility index (Phi) is 4.71. The zero-order valence-electron chi connectivity index (χ0n) is 14.7. The molecule has 0 spiro atoms. The van der Waals surface area contributed by atoms with Crippen molar-refractivity contribution in [2.45, 2.75) is 37.5 Å². The van der Waals surface area contributed by atoms with Gasteiger partial charge in [0.15, 0.2) is 27.9 Å². The molecule has 0 radical (unpaired) electrons. The van der Waals surface area contributed by atoms with E-state index in [0.717, 1.165) is 12.8 Å². The van der Waals surface area contributed by atoms with Gasteiger partial charge in [-0.1, -0.05) is 12.1 Å². The third-order valence-corrected chi connectivity index (χ3v) is 6.69. The molecule has 9 heteroatoms. The van der Waals surface area contributed by atoms with E-state index >= 15 is 0 Å². The lowest BCUT2D eigenvalue weighted by Gasteiger charge is -2.29. The molecule has 0 unspecified atom stereocenters. The highest BCUT2D eigenvalue weighted by Gasteiger charge is 2.42. The largest absolute Gasteiger partial charge is 0.485 e. The standard InChI is InChI=1S/C18H21NO7S/c20-17(19(12-5-6-12)13-7-8-27(22,23)11-13)10-25-18(21)16-9-24-14-3-1-2-4-15(14)26-16/h1-4,12-13,16H,5-11H2/t13-,16-/m0/s1. The van der Waals surface area contributed by atoms with E-state index < -0.39 is 28.5 Å². The molecular weight excluding hydrogens is 374 g/mol. The SMILES string of the molecule is O=C(OCC(=O)N(C1CC1)[C@H]1CCS(=O)(=O)C1)[C@@H]1COc2ccccc2O1. The van der Waals surface area contributed by atoms with Crippen molar-refractivity contribution in [3.05, 3.63) is 24.3 Å². The number of hydrogen-bond acceptors (Lipinski definition) is 7. The van der Waals surface area contributed by atoms with Gasteiger partial charge in [-0.2, -0.15) is 0 Å². The minimum Gasteiger partial charge on any atom is -0.485 e. The van der Waals surface area contributed by atoms with Crippen molar-refractivity contribution in [1.82, 2.24) is 4.90 Å². The molecule has 1 aromatic rings. The highest BCUT2D eigenvalue weighted by Crippen LogP contribution is 2.33. The fraction of sp³-hybridized carbons (Fsp3) is 0.556. The summed E-state index contributed by atoms with van der Waals surface area (Å²) in [4.78, 5) is 26.4. The van der Waals surface area contributed by atoms with Crippen LogP contribution >= 0.6 is 0 Å². The van der Waals surface area contributed by atoms with Crippen LogP contribution in [-0.4, -0.2) is 68.1 Å². The second-order valence-electron chi connectivity index (χ2n) is 7.06. The van der Waals surface area contributed by atoms with Crippen LogP contribution in [0, 0.1) is 0 Å². The first-order valence-corrected chi connectivity index (χ1v) is 10.8. The molecular formula is C18H21NO7S. The van der Waals surface area contributed by atoms with Gasteiger partial charge in [-0.05, 0) is 31.4 Å². The third kappa shape index (κ3) is 4.02. The van der Waals surface area contributed by atoms with Gasteiger partial charge in [0.2, 0.25) is 6.10 Å². The highest BCUT2D eigenvalue weighted by atomic mass is 32.2. The number of fused-ring (bicyclic) bond motifs is 1. The molecule has 1 saturated carbocycles. The number of nitrogens with zero attached hydrogens (tertiary/aromatic N) is 1. The predicted octanol–water partition coefficient (Wildman–Crippen LogP) is 0.548. The Morgan fingerprint density at radius 2 is 1.85 bits per heavy atom. The quantitative estimate of drug-likeness (QED) is 0.671. The number of benzene rings is 1. The van der Waals surface area contributed by atoms with Gasteiger partial charge in [0.25, 0.3) is 5.91 Å². The van der Waals surface area contributed by atoms with Crippen LogP contribution in [0.5, 0.6) is 11.5 Å². The lowest BCUT2D eigenvalue weighted by atomic mass is 10.2. The maximum absolute atomic E-state index is 12.6. The summed E-state index contributed by atoms with van der Waals surface area (Å²) in [6.07, 6.45) is 1.21. The van der Waals surface area contributed by atoms with Gasteiger partial charge in [-0.25, -0.2) is 13.2 Å². The van der Waals surface area contributed by atoms with Crippen LogP contribution in [0.1, 0.15) is 19.3 Å². The van der Waals surface area contributed by atoms with Crippen molar-refractivity contribution in [1.29, 1.82) is 0 Å². The van der Waals surface area contributed by atoms with Gasteiger partial charge < -0.3 is 19.1 Å². The molecule has 1 saturated heterocycles. The number of para-hydroxylation sites is 2. The average molecular weight is 395 g/mol. The molecule has 8 nitrogen and oxygen atoms in total. The Balaban J connectivity index is 1.34. The molecule has 0 aromatic heterocycles. The molecule has 0 bridgehead atoms. The zero-order valence-corrected chi connectivity index (χ0v) is 15.5. The highest BCUT2D eigenvalue weighted by molar-refractivity contribution is 7.91. The second kappa shape index (κ2) is 7.03. The molecule has 2 aliphatic heterocycles. The predicted molar refractivity (Wildman–Crippen MR) is 94.2 cm³/mol. The van der Waals surface area contributed by atoms with Crippen LogP contribution in [0.4, 0.5) is 0 Å². The number of hydrogen-bond donors (Lipinski definition) is 0. The molecule has 0 N–H and O–H groups in total. The first-order valence-electron chi connectivity index (χ1n) is 9.00. The summed E-state index contributed by atoms with van der Waals surface area (Å²) in [7, 11) is -3.09. The summed E-state index contributed by atoms with van der Waals surface area (Å²) in [5, 5.41) is 0. The maximum Gasteiger partial charge on any atom is 0.351 e. The van der Waals surface area contributed by atoms with Gasteiger partial charge in [-0.15, -0.1) is 0 Å². The number of amides is 1. The lowest BCUT2D eigenvalue weighted by molar-refractivity contribution is -0.160. The van der Waals surface area contributed by atoms with Crippen LogP contribution in [0.25, 0.3) is 0 Å². The van der Waals surface area contributed by atoms with Crippen molar-refractivity contribution >= 4 is 21.7 Å². The maximum atomic E-state index is 12.6. The van der Waals surface area contributed by atoms with Crippen LogP contribution in [0.15, 0.2) is 24.3 Å². The summed E-state index contributed by atoms with van der Waals surface area (Å²) in [6.45, 7) is -0.412. The molecule has 2 atom stereocenters. The number of rotatable bonds is 5. The number of sulfone groups is 1. The van der Waals surface area contributed by atoms with E-state index in [4.69, 9.17) is 14.2 Å². The van der Waals surface area contributed by atoms with Crippen LogP contribution in [-0.2, 0) is 24.2 Å². The Bertz CT molecular complexity index is 849. The van der Waals surface area contributed by atoms with Crippen molar-refractivity contribution in [2.24, 2.45) is 0 Å². The van der Waals surface area contributed by atoms with E-state index in [-0.39, 0.29) is 36.1 Å². The van der Waals surface area contributed by atoms with E-state index in [0.29, 0.717) is 17.9 Å². The Hall–Kier alpha value is -2.29. The van der Waals surface area contributed by atoms with Gasteiger partial charge in [0, 0.05) is 12.1 Å². The van der Waals surface area contributed by atoms with E-state index in [1.165, 1.54) is 0 Å². The molecule has 1 aromatic carbocycles. The Morgan fingerprint density at radius 1 is 1.11 bits per heavy atom. The molecule has 1 aliphatic carbocycles. The van der Waals surface area contributed by atoms with E-state index in [1.54, 1.807) is 29.2 Å². The monoisotopic (exact) mass is 395 g/mol. The van der Waals surface area contributed by atoms with Crippen LogP contribution in [0.3, 0.4) is 0 Å². The second-order valence-corrected chi connectivity index (χ2v) is 9.29. The Labute approximate surface area is 157 Å². The fourth-order valence-electron chi connectivity index (χ4n) is 3.49. The van der Waals surface area contributed by atoms with Crippen molar-refractivity contribution in [3.63, 3.8) is 0 Å². The third-order valence-electron chi connectivity index (χ3n) is 4.94. The van der Waals surface area contributed by atoms with Crippen molar-refractivity contribution < 1.29 is 32.2 Å². The first-order chi connectivity index (χ1) is 12.9. The van der Waals surface area contributed by atoms with Crippen LogP contribution in [0.2, 0.25) is 0 Å². The van der Waals surface area contributed by atoms with E-state index in [2.05, 4.69) is 0 Å². The zero-order chi connectivity index (χ0) is 19.0. The summed E-state index contributed by atoms with van der Waals surface area (Å²) < 4.78 is 39.7. The van der Waals surface area contributed by atoms with Crippen LogP contribution < -0.4 is 9.47 Å². The van der Waals surface area contributed by atoms with E-state index in [9.17, 15) is 18.0 Å². The molecule has 2 heterocycles. The summed E-state index contributed by atoms with van der Waals surface area (Å²) in [5.41, 5.74) is 0. The smallest absolute Gasteiger partial charge is 0.351 e. The molecule has 27 heavy (non-hydrogen) atoms. The normalized spacial score (nSPS) is 25.6. The minimum absolute atomic E-state index is 0.0112. The molecule has 1 amide bonds. The fourth-order valence-corrected chi connectivity index (χ4v) is 5.20. The van der Waals surface area contributed by atoms with Crippen molar-refractivity contribution in [2.75, 3.05) is 24.7 Å². The average Bonchev–Trinajstić information content (AvgIpc) is 3.42. The van der Waals surface area contributed by atoms with E-state index in [1.807, 2.05) is 0 Å². The van der Waals surface area contributed by atoms with Gasteiger partial charge in [-0.3, -0.25) is 4.79 Å². The molecule has 146 valence electrons. The van der Waals surface area contributed by atoms with Gasteiger partial charge in [0.05, 0.1) is 11.5 Å². The summed E-state index contributed by atoms with van der Waals surface area (Å²) >= 11 is 0. The van der Waals surface area contributed by atoms with Gasteiger partial charge in [0.1, 0.15) is 6.61 Å². The minimum atomic E-state index is -3.09. The topological polar surface area (TPSA) is 99.2 Å². The number of esters is 1. The summed E-state index contributed by atoms with van der Waals surface area (Å²) in [5.74, 6) is 0.0608. The molecule has 2 fully saturated rings.